The Morgan fingerprint density at radius 2 is 2.00 bits per heavy atom. The Hall–Kier alpha value is -1.95. The average Bonchev–Trinajstić information content (AvgIpc) is 2.39. The van der Waals surface area contributed by atoms with Crippen LogP contribution in [0.25, 0.3) is 0 Å². The molecule has 1 saturated heterocycles. The summed E-state index contributed by atoms with van der Waals surface area (Å²) in [7, 11) is 0. The minimum Gasteiger partial charge on any atom is -0.478 e. The molecule has 1 aromatic heterocycles. The third kappa shape index (κ3) is 2.65. The zero-order chi connectivity index (χ0) is 13.1. The van der Waals surface area contributed by atoms with Gasteiger partial charge in [-0.1, -0.05) is 0 Å². The first-order chi connectivity index (χ1) is 8.58. The number of amides is 1. The van der Waals surface area contributed by atoms with Crippen molar-refractivity contribution in [2.75, 3.05) is 13.1 Å². The molecule has 0 spiro atoms. The van der Waals surface area contributed by atoms with Gasteiger partial charge in [-0.15, -0.1) is 0 Å². The second-order valence-corrected chi connectivity index (χ2v) is 4.37. The smallest absolute Gasteiger partial charge is 0.337 e. The van der Waals surface area contributed by atoms with Gasteiger partial charge in [0.15, 0.2) is 0 Å². The number of hydrogen-bond donors (Lipinski definition) is 2. The largest absolute Gasteiger partial charge is 0.478 e. The number of hydrogen-bond acceptors (Lipinski definition) is 4. The van der Waals surface area contributed by atoms with Crippen LogP contribution in [0.5, 0.6) is 0 Å². The Kier molecular flexibility index (Phi) is 3.57. The van der Waals surface area contributed by atoms with Gasteiger partial charge in [-0.3, -0.25) is 9.78 Å². The molecule has 1 fully saturated rings. The molecule has 0 unspecified atom stereocenters. The highest BCUT2D eigenvalue weighted by molar-refractivity contribution is 5.93. The molecular weight excluding hydrogens is 234 g/mol. The van der Waals surface area contributed by atoms with Crippen molar-refractivity contribution >= 4 is 11.9 Å². The van der Waals surface area contributed by atoms with Crippen molar-refractivity contribution in [3.63, 3.8) is 0 Å². The fraction of sp³-hybridized carbons (Fsp3) is 0.417. The van der Waals surface area contributed by atoms with Crippen molar-refractivity contribution < 1.29 is 14.7 Å². The van der Waals surface area contributed by atoms with E-state index in [1.807, 2.05) is 0 Å². The maximum Gasteiger partial charge on any atom is 0.337 e. The van der Waals surface area contributed by atoms with Crippen molar-refractivity contribution in [1.82, 2.24) is 9.88 Å². The SMILES string of the molecule is NC1CCN(C(=O)c2ccc(C(=O)O)cn2)CC1. The van der Waals surface area contributed by atoms with Crippen LogP contribution < -0.4 is 5.73 Å². The predicted octanol–water partition coefficient (Wildman–Crippen LogP) is 0.343. The van der Waals surface area contributed by atoms with E-state index in [1.165, 1.54) is 18.3 Å². The minimum absolute atomic E-state index is 0.0761. The third-order valence-corrected chi connectivity index (χ3v) is 3.06. The molecule has 3 N–H and O–H groups in total. The summed E-state index contributed by atoms with van der Waals surface area (Å²) >= 11 is 0. The molecule has 2 heterocycles. The number of carbonyl (C=O) groups is 2. The number of likely N-dealkylation sites (tertiary alicyclic amines) is 1. The summed E-state index contributed by atoms with van der Waals surface area (Å²) in [6.45, 7) is 1.25. The van der Waals surface area contributed by atoms with Crippen molar-refractivity contribution in [1.29, 1.82) is 0 Å². The minimum atomic E-state index is -1.05. The number of rotatable bonds is 2. The highest BCUT2D eigenvalue weighted by Crippen LogP contribution is 2.12. The van der Waals surface area contributed by atoms with Crippen LogP contribution >= 0.6 is 0 Å². The number of piperidine rings is 1. The standard InChI is InChI=1S/C12H15N3O3/c13-9-3-5-15(6-4-9)11(16)10-2-1-8(7-14-10)12(17)18/h1-2,7,9H,3-6,13H2,(H,17,18). The Morgan fingerprint density at radius 3 is 2.50 bits per heavy atom. The highest BCUT2D eigenvalue weighted by atomic mass is 16.4. The number of carboxylic acid groups (broad SMARTS) is 1. The maximum absolute atomic E-state index is 12.1. The predicted molar refractivity (Wildman–Crippen MR) is 64.3 cm³/mol. The molecule has 1 amide bonds. The van der Waals surface area contributed by atoms with Gasteiger partial charge in [0, 0.05) is 25.3 Å². The lowest BCUT2D eigenvalue weighted by Gasteiger charge is -2.29. The van der Waals surface area contributed by atoms with Crippen LogP contribution in [0.4, 0.5) is 0 Å². The zero-order valence-corrected chi connectivity index (χ0v) is 9.87. The van der Waals surface area contributed by atoms with E-state index in [0.717, 1.165) is 12.8 Å². The molecule has 1 aliphatic heterocycles. The van der Waals surface area contributed by atoms with Gasteiger partial charge in [-0.25, -0.2) is 4.79 Å². The number of nitrogens with zero attached hydrogens (tertiary/aromatic N) is 2. The van der Waals surface area contributed by atoms with Gasteiger partial charge in [-0.05, 0) is 25.0 Å². The molecule has 6 heteroatoms. The molecule has 18 heavy (non-hydrogen) atoms. The van der Waals surface area contributed by atoms with E-state index in [-0.39, 0.29) is 23.2 Å². The van der Waals surface area contributed by atoms with Crippen molar-refractivity contribution in [2.45, 2.75) is 18.9 Å². The number of pyridine rings is 1. The van der Waals surface area contributed by atoms with Gasteiger partial charge in [0.25, 0.3) is 5.91 Å². The number of carboxylic acids is 1. The van der Waals surface area contributed by atoms with Crippen molar-refractivity contribution in [3.05, 3.63) is 29.6 Å². The molecule has 96 valence electrons. The van der Waals surface area contributed by atoms with Crippen molar-refractivity contribution in [3.8, 4) is 0 Å². The lowest BCUT2D eigenvalue weighted by atomic mass is 10.1. The molecular formula is C12H15N3O3. The lowest BCUT2D eigenvalue weighted by Crippen LogP contribution is -2.43. The maximum atomic E-state index is 12.1. The molecule has 6 nitrogen and oxygen atoms in total. The monoisotopic (exact) mass is 249 g/mol. The van der Waals surface area contributed by atoms with Crippen LogP contribution in [0.1, 0.15) is 33.7 Å². The average molecular weight is 249 g/mol. The molecule has 0 bridgehead atoms. The van der Waals surface area contributed by atoms with E-state index in [4.69, 9.17) is 10.8 Å². The molecule has 2 rings (SSSR count). The van der Waals surface area contributed by atoms with Crippen LogP contribution in [0.3, 0.4) is 0 Å². The van der Waals surface area contributed by atoms with Gasteiger partial charge >= 0.3 is 5.97 Å². The molecule has 1 aromatic rings. The van der Waals surface area contributed by atoms with Crippen molar-refractivity contribution in [2.24, 2.45) is 5.73 Å². The summed E-state index contributed by atoms with van der Waals surface area (Å²) in [5.74, 6) is -1.22. The van der Waals surface area contributed by atoms with Crippen LogP contribution in [0.15, 0.2) is 18.3 Å². The fourth-order valence-electron chi connectivity index (χ4n) is 1.91. The van der Waals surface area contributed by atoms with Crippen LogP contribution in [-0.4, -0.2) is 46.0 Å². The Labute approximate surface area is 104 Å². The number of aromatic nitrogens is 1. The van der Waals surface area contributed by atoms with Gasteiger partial charge in [0.05, 0.1) is 5.56 Å². The van der Waals surface area contributed by atoms with E-state index in [2.05, 4.69) is 4.98 Å². The van der Waals surface area contributed by atoms with E-state index in [0.29, 0.717) is 13.1 Å². The topological polar surface area (TPSA) is 96.5 Å². The summed E-state index contributed by atoms with van der Waals surface area (Å²) in [5, 5.41) is 8.74. The van der Waals surface area contributed by atoms with E-state index in [9.17, 15) is 9.59 Å². The number of aromatic carboxylic acids is 1. The Balaban J connectivity index is 2.07. The third-order valence-electron chi connectivity index (χ3n) is 3.06. The summed E-state index contributed by atoms with van der Waals surface area (Å²) < 4.78 is 0. The molecule has 1 aliphatic rings. The second-order valence-electron chi connectivity index (χ2n) is 4.37. The van der Waals surface area contributed by atoms with E-state index in [1.54, 1.807) is 4.90 Å². The quantitative estimate of drug-likeness (QED) is 0.788. The fourth-order valence-corrected chi connectivity index (χ4v) is 1.91. The first kappa shape index (κ1) is 12.5. The summed E-state index contributed by atoms with van der Waals surface area (Å²) in [5.41, 5.74) is 6.12. The van der Waals surface area contributed by atoms with Crippen LogP contribution in [0.2, 0.25) is 0 Å². The zero-order valence-electron chi connectivity index (χ0n) is 9.87. The van der Waals surface area contributed by atoms with Gasteiger partial charge < -0.3 is 15.7 Å². The van der Waals surface area contributed by atoms with Gasteiger partial charge in [0.1, 0.15) is 5.69 Å². The van der Waals surface area contributed by atoms with E-state index < -0.39 is 5.97 Å². The molecule has 0 atom stereocenters. The first-order valence-corrected chi connectivity index (χ1v) is 5.82. The van der Waals surface area contributed by atoms with E-state index >= 15 is 0 Å². The number of nitrogens with two attached hydrogens (primary N) is 1. The first-order valence-electron chi connectivity index (χ1n) is 5.82. The summed E-state index contributed by atoms with van der Waals surface area (Å²) in [6.07, 6.45) is 2.78. The van der Waals surface area contributed by atoms with Gasteiger partial charge in [0.2, 0.25) is 0 Å². The molecule has 0 aromatic carbocycles. The summed E-state index contributed by atoms with van der Waals surface area (Å²) in [4.78, 5) is 28.3. The lowest BCUT2D eigenvalue weighted by molar-refractivity contribution is 0.0686. The van der Waals surface area contributed by atoms with Crippen LogP contribution in [0, 0.1) is 0 Å². The van der Waals surface area contributed by atoms with Gasteiger partial charge in [-0.2, -0.15) is 0 Å². The number of carbonyl (C=O) groups excluding carboxylic acids is 1. The Bertz CT molecular complexity index is 450. The highest BCUT2D eigenvalue weighted by Gasteiger charge is 2.22. The second kappa shape index (κ2) is 5.14. The molecule has 0 saturated carbocycles. The molecule has 0 radical (unpaired) electrons. The Morgan fingerprint density at radius 1 is 1.33 bits per heavy atom. The van der Waals surface area contributed by atoms with Crippen LogP contribution in [-0.2, 0) is 0 Å². The molecule has 0 aliphatic carbocycles. The summed E-state index contributed by atoms with van der Waals surface area (Å²) in [6, 6.07) is 3.00. The normalized spacial score (nSPS) is 16.6.